The number of phenols is 1. The smallest absolute Gasteiger partial charge is 0.411 e. The van der Waals surface area contributed by atoms with Crippen LogP contribution in [0.4, 0.5) is 16.2 Å². The molecule has 0 aliphatic heterocycles. The molecule has 0 atom stereocenters. The molecule has 122 valence electrons. The molecule has 0 heterocycles. The number of ether oxygens (including phenoxy) is 1. The fourth-order valence-corrected chi connectivity index (χ4v) is 2.87. The van der Waals surface area contributed by atoms with Crippen LogP contribution in [-0.4, -0.2) is 26.7 Å². The summed E-state index contributed by atoms with van der Waals surface area (Å²) >= 11 is 0. The highest BCUT2D eigenvalue weighted by Crippen LogP contribution is 2.23. The highest BCUT2D eigenvalue weighted by Gasteiger charge is 2.15. The average Bonchev–Trinajstić information content (AvgIpc) is 2.51. The van der Waals surface area contributed by atoms with Crippen LogP contribution in [0.25, 0.3) is 0 Å². The SMILES string of the molecule is COC(=O)Nc1ccc(S(=O)(=O)Nc2ccc(O)c(C)c2)cc1. The third-order valence-electron chi connectivity index (χ3n) is 3.05. The lowest BCUT2D eigenvalue weighted by molar-refractivity contribution is 0.187. The quantitative estimate of drug-likeness (QED) is 0.745. The lowest BCUT2D eigenvalue weighted by Gasteiger charge is -2.10. The predicted octanol–water partition coefficient (Wildman–Crippen LogP) is 2.68. The highest BCUT2D eigenvalue weighted by atomic mass is 32.2. The molecule has 2 aromatic rings. The minimum Gasteiger partial charge on any atom is -0.508 e. The number of hydrogen-bond acceptors (Lipinski definition) is 5. The van der Waals surface area contributed by atoms with Crippen molar-refractivity contribution in [1.29, 1.82) is 0 Å². The summed E-state index contributed by atoms with van der Waals surface area (Å²) in [6.45, 7) is 1.67. The van der Waals surface area contributed by atoms with Crippen LogP contribution < -0.4 is 10.0 Å². The number of carbonyl (C=O) groups excluding carboxylic acids is 1. The Morgan fingerprint density at radius 2 is 1.70 bits per heavy atom. The summed E-state index contributed by atoms with van der Waals surface area (Å²) in [5, 5.41) is 11.9. The number of methoxy groups -OCH3 is 1. The van der Waals surface area contributed by atoms with Gasteiger partial charge in [-0.3, -0.25) is 10.0 Å². The van der Waals surface area contributed by atoms with Gasteiger partial charge in [-0.05, 0) is 55.0 Å². The van der Waals surface area contributed by atoms with Crippen molar-refractivity contribution in [3.63, 3.8) is 0 Å². The van der Waals surface area contributed by atoms with Crippen molar-refractivity contribution in [3.8, 4) is 5.75 Å². The van der Waals surface area contributed by atoms with Gasteiger partial charge in [0.1, 0.15) is 5.75 Å². The second-order valence-corrected chi connectivity index (χ2v) is 6.43. The number of aryl methyl sites for hydroxylation is 1. The van der Waals surface area contributed by atoms with Crippen LogP contribution in [0.2, 0.25) is 0 Å². The molecule has 2 rings (SSSR count). The lowest BCUT2D eigenvalue weighted by Crippen LogP contribution is -2.14. The molecule has 0 saturated heterocycles. The zero-order valence-corrected chi connectivity index (χ0v) is 13.3. The van der Waals surface area contributed by atoms with Crippen LogP contribution in [0.15, 0.2) is 47.4 Å². The van der Waals surface area contributed by atoms with Gasteiger partial charge in [0.25, 0.3) is 10.0 Å². The van der Waals surface area contributed by atoms with Crippen LogP contribution in [0.1, 0.15) is 5.56 Å². The van der Waals surface area contributed by atoms with Gasteiger partial charge >= 0.3 is 6.09 Å². The maximum atomic E-state index is 12.3. The third-order valence-corrected chi connectivity index (χ3v) is 4.44. The number of sulfonamides is 1. The molecule has 0 radical (unpaired) electrons. The maximum Gasteiger partial charge on any atom is 0.411 e. The summed E-state index contributed by atoms with van der Waals surface area (Å²) in [5.41, 5.74) is 1.32. The molecule has 2 aromatic carbocycles. The van der Waals surface area contributed by atoms with E-state index >= 15 is 0 Å². The van der Waals surface area contributed by atoms with Gasteiger partial charge in [-0.2, -0.15) is 0 Å². The van der Waals surface area contributed by atoms with Crippen LogP contribution >= 0.6 is 0 Å². The molecule has 23 heavy (non-hydrogen) atoms. The van der Waals surface area contributed by atoms with Crippen molar-refractivity contribution in [2.45, 2.75) is 11.8 Å². The van der Waals surface area contributed by atoms with E-state index in [-0.39, 0.29) is 10.6 Å². The van der Waals surface area contributed by atoms with Crippen LogP contribution in [-0.2, 0) is 14.8 Å². The zero-order chi connectivity index (χ0) is 17.0. The Morgan fingerprint density at radius 3 is 2.26 bits per heavy atom. The molecule has 7 nitrogen and oxygen atoms in total. The van der Waals surface area contributed by atoms with Crippen molar-refractivity contribution in [1.82, 2.24) is 0 Å². The summed E-state index contributed by atoms with van der Waals surface area (Å²) in [5.74, 6) is 0.0891. The fraction of sp³-hybridized carbons (Fsp3) is 0.133. The molecule has 3 N–H and O–H groups in total. The van der Waals surface area contributed by atoms with Gasteiger partial charge in [0, 0.05) is 11.4 Å². The van der Waals surface area contributed by atoms with Gasteiger partial charge in [-0.25, -0.2) is 13.2 Å². The normalized spacial score (nSPS) is 10.9. The first-order chi connectivity index (χ1) is 10.8. The molecule has 0 aliphatic carbocycles. The zero-order valence-electron chi connectivity index (χ0n) is 12.5. The monoisotopic (exact) mass is 336 g/mol. The Kier molecular flexibility index (Phi) is 4.75. The van der Waals surface area contributed by atoms with Gasteiger partial charge in [0.05, 0.1) is 12.0 Å². The molecule has 0 saturated carbocycles. The van der Waals surface area contributed by atoms with Crippen LogP contribution in [0.3, 0.4) is 0 Å². The molecule has 0 bridgehead atoms. The van der Waals surface area contributed by atoms with E-state index in [4.69, 9.17) is 0 Å². The average molecular weight is 336 g/mol. The van der Waals surface area contributed by atoms with E-state index in [1.807, 2.05) is 0 Å². The Bertz CT molecular complexity index is 816. The molecule has 0 aromatic heterocycles. The molecule has 0 unspecified atom stereocenters. The number of amides is 1. The summed E-state index contributed by atoms with van der Waals surface area (Å²) in [4.78, 5) is 11.1. The molecular weight excluding hydrogens is 320 g/mol. The first-order valence-electron chi connectivity index (χ1n) is 6.59. The summed E-state index contributed by atoms with van der Waals surface area (Å²) in [6.07, 6.45) is -0.640. The van der Waals surface area contributed by atoms with Crippen molar-refractivity contribution >= 4 is 27.5 Å². The van der Waals surface area contributed by atoms with E-state index in [0.29, 0.717) is 16.9 Å². The maximum absolute atomic E-state index is 12.3. The number of benzene rings is 2. The topological polar surface area (TPSA) is 105 Å². The Balaban J connectivity index is 2.18. The first-order valence-corrected chi connectivity index (χ1v) is 8.07. The van der Waals surface area contributed by atoms with Gasteiger partial charge in [0.15, 0.2) is 0 Å². The number of nitrogens with one attached hydrogen (secondary N) is 2. The molecule has 0 fully saturated rings. The lowest BCUT2D eigenvalue weighted by atomic mass is 10.2. The van der Waals surface area contributed by atoms with Crippen LogP contribution in [0, 0.1) is 6.92 Å². The first kappa shape index (κ1) is 16.6. The third kappa shape index (κ3) is 4.13. The second-order valence-electron chi connectivity index (χ2n) is 4.75. The number of phenolic OH excluding ortho intramolecular Hbond substituents is 1. The van der Waals surface area contributed by atoms with E-state index in [0.717, 1.165) is 0 Å². The second kappa shape index (κ2) is 6.57. The Labute approximate surface area is 134 Å². The van der Waals surface area contributed by atoms with Crippen molar-refractivity contribution in [2.24, 2.45) is 0 Å². The van der Waals surface area contributed by atoms with E-state index in [1.54, 1.807) is 6.92 Å². The van der Waals surface area contributed by atoms with E-state index in [1.165, 1.54) is 49.6 Å². The van der Waals surface area contributed by atoms with Gasteiger partial charge in [-0.1, -0.05) is 0 Å². The standard InChI is InChI=1S/C15H16N2O5S/c1-10-9-12(5-8-14(10)18)17-23(20,21)13-6-3-11(4-7-13)16-15(19)22-2/h3-9,17-18H,1-2H3,(H,16,19). The molecular formula is C15H16N2O5S. The Morgan fingerprint density at radius 1 is 1.09 bits per heavy atom. The molecule has 0 spiro atoms. The van der Waals surface area contributed by atoms with Crippen molar-refractivity contribution in [3.05, 3.63) is 48.0 Å². The molecule has 0 aliphatic rings. The van der Waals surface area contributed by atoms with Gasteiger partial charge in [-0.15, -0.1) is 0 Å². The fourth-order valence-electron chi connectivity index (χ4n) is 1.82. The van der Waals surface area contributed by atoms with Crippen molar-refractivity contribution < 1.29 is 23.1 Å². The highest BCUT2D eigenvalue weighted by molar-refractivity contribution is 7.92. The van der Waals surface area contributed by atoms with Crippen molar-refractivity contribution in [2.75, 3.05) is 17.1 Å². The van der Waals surface area contributed by atoms with E-state index in [2.05, 4.69) is 14.8 Å². The Hall–Kier alpha value is -2.74. The van der Waals surface area contributed by atoms with E-state index in [9.17, 15) is 18.3 Å². The largest absolute Gasteiger partial charge is 0.508 e. The number of hydrogen-bond donors (Lipinski definition) is 3. The minimum absolute atomic E-state index is 0.0404. The molecule has 1 amide bonds. The number of aromatic hydroxyl groups is 1. The summed E-state index contributed by atoms with van der Waals surface area (Å²) in [6, 6.07) is 10.0. The number of rotatable bonds is 4. The predicted molar refractivity (Wildman–Crippen MR) is 86.1 cm³/mol. The summed E-state index contributed by atoms with van der Waals surface area (Å²) < 4.78 is 31.5. The van der Waals surface area contributed by atoms with Gasteiger partial charge in [0.2, 0.25) is 0 Å². The number of carbonyl (C=O) groups is 1. The van der Waals surface area contributed by atoms with Gasteiger partial charge < -0.3 is 9.84 Å². The molecule has 8 heteroatoms. The van der Waals surface area contributed by atoms with Crippen LogP contribution in [0.5, 0.6) is 5.75 Å². The number of anilines is 2. The summed E-state index contributed by atoms with van der Waals surface area (Å²) in [7, 11) is -2.54. The minimum atomic E-state index is -3.77. The van der Waals surface area contributed by atoms with E-state index < -0.39 is 16.1 Å².